The third kappa shape index (κ3) is 3.28. The summed E-state index contributed by atoms with van der Waals surface area (Å²) in [6, 6.07) is 11.5. The maximum absolute atomic E-state index is 13.9. The Balaban J connectivity index is 1.49. The van der Waals surface area contributed by atoms with E-state index in [0.29, 0.717) is 18.0 Å². The van der Waals surface area contributed by atoms with Crippen molar-refractivity contribution in [2.45, 2.75) is 95.1 Å². The van der Waals surface area contributed by atoms with E-state index in [4.69, 9.17) is 18.0 Å². The van der Waals surface area contributed by atoms with Crippen LogP contribution in [-0.4, -0.2) is 23.5 Å². The third-order valence-electron chi connectivity index (χ3n) is 9.81. The van der Waals surface area contributed by atoms with Crippen molar-refractivity contribution >= 4 is 17.2 Å². The average molecular weight is 447 g/mol. The number of nitrogens with two attached hydrogens (primary N) is 1. The summed E-state index contributed by atoms with van der Waals surface area (Å²) in [5.74, 6) is 0.586. The summed E-state index contributed by atoms with van der Waals surface area (Å²) >= 11 is 6.16. The van der Waals surface area contributed by atoms with Crippen LogP contribution in [0.1, 0.15) is 76.7 Å². The van der Waals surface area contributed by atoms with Gasteiger partial charge in [-0.2, -0.15) is 0 Å². The molecule has 31 heavy (non-hydrogen) atoms. The molecule has 0 saturated heterocycles. The van der Waals surface area contributed by atoms with E-state index in [1.54, 1.807) is 0 Å². The fourth-order valence-corrected chi connectivity index (χ4v) is 8.98. The van der Waals surface area contributed by atoms with Crippen LogP contribution in [0.25, 0.3) is 0 Å². The maximum atomic E-state index is 13.9. The molecule has 5 atom stereocenters. The van der Waals surface area contributed by atoms with E-state index in [1.807, 2.05) is 0 Å². The molecule has 6 rings (SSSR count). The van der Waals surface area contributed by atoms with Gasteiger partial charge in [-0.3, -0.25) is 0 Å². The Labute approximate surface area is 190 Å². The van der Waals surface area contributed by atoms with Crippen LogP contribution in [0.15, 0.2) is 30.3 Å². The number of nitrogens with one attached hydrogen (secondary N) is 1. The first kappa shape index (κ1) is 21.8. The van der Waals surface area contributed by atoms with E-state index < -0.39 is 6.43 Å². The summed E-state index contributed by atoms with van der Waals surface area (Å²) in [6.45, 7) is 2.14. The van der Waals surface area contributed by atoms with Crippen LogP contribution >= 0.6 is 12.2 Å². The molecule has 0 spiro atoms. The van der Waals surface area contributed by atoms with Crippen LogP contribution in [0.5, 0.6) is 0 Å². The van der Waals surface area contributed by atoms with Gasteiger partial charge in [-0.25, -0.2) is 8.78 Å². The Kier molecular flexibility index (Phi) is 5.45. The van der Waals surface area contributed by atoms with Crippen molar-refractivity contribution in [1.82, 2.24) is 5.32 Å². The molecule has 5 fully saturated rings. The molecule has 5 unspecified atom stereocenters. The average Bonchev–Trinajstić information content (AvgIpc) is 3.12. The minimum Gasteiger partial charge on any atom is -0.376 e. The van der Waals surface area contributed by atoms with Gasteiger partial charge in [0.25, 0.3) is 0 Å². The van der Waals surface area contributed by atoms with Gasteiger partial charge in [-0.05, 0) is 86.0 Å². The summed E-state index contributed by atoms with van der Waals surface area (Å²) in [6.07, 6.45) is 6.88. The van der Waals surface area contributed by atoms with Crippen LogP contribution in [0.3, 0.4) is 0 Å². The molecule has 0 heterocycles. The maximum Gasteiger partial charge on any atom is 0.239 e. The Morgan fingerprint density at radius 3 is 2.48 bits per heavy atom. The van der Waals surface area contributed by atoms with Crippen molar-refractivity contribution in [1.29, 1.82) is 0 Å². The van der Waals surface area contributed by atoms with Gasteiger partial charge in [0.2, 0.25) is 6.43 Å². The molecule has 0 aliphatic heterocycles. The predicted octanol–water partition coefficient (Wildman–Crippen LogP) is 5.98. The predicted molar refractivity (Wildman–Crippen MR) is 125 cm³/mol. The first-order chi connectivity index (χ1) is 14.8. The van der Waals surface area contributed by atoms with E-state index in [9.17, 15) is 8.78 Å². The number of benzene rings is 1. The van der Waals surface area contributed by atoms with Crippen molar-refractivity contribution in [2.75, 3.05) is 0 Å². The zero-order chi connectivity index (χ0) is 21.9. The lowest BCUT2D eigenvalue weighted by atomic mass is 9.55. The van der Waals surface area contributed by atoms with Crippen molar-refractivity contribution in [3.05, 3.63) is 35.9 Å². The summed E-state index contributed by atoms with van der Waals surface area (Å²) < 4.78 is 27.7. The van der Waals surface area contributed by atoms with Gasteiger partial charge in [0.05, 0.1) is 4.99 Å². The third-order valence-corrected chi connectivity index (χ3v) is 10.3. The summed E-state index contributed by atoms with van der Waals surface area (Å²) in [4.78, 5) is 0.977. The molecule has 5 heteroatoms. The highest BCUT2D eigenvalue weighted by molar-refractivity contribution is 7.80. The molecule has 4 bridgehead atoms. The number of hydrogen-bond acceptors (Lipinski definition) is 2. The molecule has 5 aliphatic carbocycles. The highest BCUT2D eigenvalue weighted by Crippen LogP contribution is 2.78. The monoisotopic (exact) mass is 446 g/mol. The molecule has 0 radical (unpaired) electrons. The van der Waals surface area contributed by atoms with Crippen LogP contribution in [0.2, 0.25) is 0 Å². The quantitative estimate of drug-likeness (QED) is 0.528. The van der Waals surface area contributed by atoms with Crippen LogP contribution in [-0.2, 0) is 5.41 Å². The summed E-state index contributed by atoms with van der Waals surface area (Å²) in [7, 11) is 0. The Morgan fingerprint density at radius 2 is 1.84 bits per heavy atom. The molecule has 0 amide bonds. The zero-order valence-corrected chi connectivity index (χ0v) is 19.4. The number of halogens is 2. The minimum atomic E-state index is -2.25. The first-order valence-corrected chi connectivity index (χ1v) is 12.6. The fourth-order valence-electron chi connectivity index (χ4n) is 8.51. The van der Waals surface area contributed by atoms with Gasteiger partial charge in [-0.1, -0.05) is 49.5 Å². The van der Waals surface area contributed by atoms with E-state index in [-0.39, 0.29) is 28.6 Å². The second-order valence-electron chi connectivity index (χ2n) is 11.1. The molecule has 5 aliphatic rings. The van der Waals surface area contributed by atoms with Crippen molar-refractivity contribution < 1.29 is 8.78 Å². The summed E-state index contributed by atoms with van der Waals surface area (Å²) in [5, 5.41) is 3.76. The lowest BCUT2D eigenvalue weighted by Gasteiger charge is -2.49. The van der Waals surface area contributed by atoms with E-state index in [2.05, 4.69) is 42.6 Å². The largest absolute Gasteiger partial charge is 0.376 e. The number of hydrogen-bond donors (Lipinski definition) is 2. The van der Waals surface area contributed by atoms with Gasteiger partial charge >= 0.3 is 0 Å². The molecular formula is C26H36F2N2S. The van der Waals surface area contributed by atoms with Gasteiger partial charge in [-0.15, -0.1) is 0 Å². The first-order valence-electron chi connectivity index (χ1n) is 12.2. The van der Waals surface area contributed by atoms with Crippen molar-refractivity contribution in [2.24, 2.45) is 28.4 Å². The van der Waals surface area contributed by atoms with Crippen LogP contribution in [0, 0.1) is 22.7 Å². The molecule has 2 nitrogen and oxygen atoms in total. The van der Waals surface area contributed by atoms with Gasteiger partial charge in [0.15, 0.2) is 0 Å². The number of alkyl halides is 2. The molecule has 170 valence electrons. The lowest BCUT2D eigenvalue weighted by Crippen LogP contribution is -2.48. The molecule has 5 saturated carbocycles. The molecule has 3 N–H and O–H groups in total. The lowest BCUT2D eigenvalue weighted by molar-refractivity contribution is -0.0165. The highest BCUT2D eigenvalue weighted by atomic mass is 32.1. The Hall–Kier alpha value is -1.07. The van der Waals surface area contributed by atoms with Gasteiger partial charge in [0, 0.05) is 23.9 Å². The standard InChI is InChI=1S/C26H36F2N2S/c1-2-25(15-22(27)28)18-12-24(17-6-4-3-5-7-17)14-21(25)26(13-18,16-24)23(31)30-20-10-8-19(29)9-11-20/h3-7,18-22H,2,8-16,29H2,1H3,(H,30,31). The molecule has 0 aromatic heterocycles. The molecule has 1 aromatic carbocycles. The van der Waals surface area contributed by atoms with E-state index >= 15 is 0 Å². The smallest absolute Gasteiger partial charge is 0.239 e. The molecule has 1 aromatic rings. The Bertz CT molecular complexity index is 824. The van der Waals surface area contributed by atoms with Crippen molar-refractivity contribution in [3.63, 3.8) is 0 Å². The number of rotatable bonds is 6. The molecular weight excluding hydrogens is 410 g/mol. The zero-order valence-electron chi connectivity index (χ0n) is 18.6. The fraction of sp³-hybridized carbons (Fsp3) is 0.731. The topological polar surface area (TPSA) is 38.0 Å². The van der Waals surface area contributed by atoms with Crippen LogP contribution < -0.4 is 11.1 Å². The van der Waals surface area contributed by atoms with Crippen molar-refractivity contribution in [3.8, 4) is 0 Å². The second kappa shape index (κ2) is 7.76. The SMILES string of the molecule is CCC1(CC(F)F)C2CC3(c4ccccc4)CC1C(C(=S)NC1CCC(N)CC1)(C2)C3. The minimum absolute atomic E-state index is 0.0341. The second-order valence-corrected chi connectivity index (χ2v) is 11.5. The highest BCUT2D eigenvalue weighted by Gasteiger charge is 2.74. The Morgan fingerprint density at radius 1 is 1.13 bits per heavy atom. The number of thiocarbonyl (C=S) groups is 1. The van der Waals surface area contributed by atoms with E-state index in [1.165, 1.54) is 5.56 Å². The van der Waals surface area contributed by atoms with Gasteiger partial charge in [0.1, 0.15) is 0 Å². The van der Waals surface area contributed by atoms with Gasteiger partial charge < -0.3 is 11.1 Å². The summed E-state index contributed by atoms with van der Waals surface area (Å²) in [5.41, 5.74) is 7.19. The van der Waals surface area contributed by atoms with Crippen LogP contribution in [0.4, 0.5) is 8.78 Å². The van der Waals surface area contributed by atoms with E-state index in [0.717, 1.165) is 62.8 Å². The normalized spacial score (nSPS) is 43.5.